The van der Waals surface area contributed by atoms with Crippen molar-refractivity contribution in [1.29, 1.82) is 0 Å². The van der Waals surface area contributed by atoms with Crippen LogP contribution >= 0.6 is 11.8 Å². The van der Waals surface area contributed by atoms with Crippen LogP contribution in [0.3, 0.4) is 0 Å². The molecule has 1 unspecified atom stereocenters. The van der Waals surface area contributed by atoms with Crippen LogP contribution in [-0.2, 0) is 16.0 Å². The number of anilines is 1. The van der Waals surface area contributed by atoms with Gasteiger partial charge in [-0.2, -0.15) is 16.7 Å². The van der Waals surface area contributed by atoms with E-state index in [2.05, 4.69) is 25.5 Å². The zero-order valence-corrected chi connectivity index (χ0v) is 18.5. The summed E-state index contributed by atoms with van der Waals surface area (Å²) in [5, 5.41) is 20.1. The number of carboxylic acid groups (broad SMARTS) is 1. The molecule has 0 radical (unpaired) electrons. The molecular weight excluding hydrogens is 424 g/mol. The molecule has 0 aromatic carbocycles. The Hall–Kier alpha value is -2.86. The zero-order valence-electron chi connectivity index (χ0n) is 17.7. The highest BCUT2D eigenvalue weighted by atomic mass is 32.2. The number of ether oxygens (including phenoxy) is 2. The Morgan fingerprint density at radius 3 is 2.84 bits per heavy atom. The number of nitrogens with one attached hydrogen (secondary N) is 2. The van der Waals surface area contributed by atoms with Crippen LogP contribution in [0.15, 0.2) is 6.07 Å². The molecule has 1 saturated heterocycles. The van der Waals surface area contributed by atoms with E-state index in [1.54, 1.807) is 29.8 Å². The van der Waals surface area contributed by atoms with Gasteiger partial charge in [-0.1, -0.05) is 0 Å². The molecule has 2 aromatic heterocycles. The van der Waals surface area contributed by atoms with E-state index in [4.69, 9.17) is 14.6 Å². The minimum Gasteiger partial charge on any atom is -0.480 e. The highest BCUT2D eigenvalue weighted by Crippen LogP contribution is 2.28. The number of aliphatic carboxylic acids is 1. The second-order valence-electron chi connectivity index (χ2n) is 6.96. The number of rotatable bonds is 10. The number of imidazole rings is 1. The lowest BCUT2D eigenvalue weighted by Gasteiger charge is -2.16. The molecule has 1 aliphatic heterocycles. The summed E-state index contributed by atoms with van der Waals surface area (Å²) in [5.41, 5.74) is 1.58. The lowest BCUT2D eigenvalue weighted by Crippen LogP contribution is -2.31. The molecule has 1 aliphatic rings. The second kappa shape index (κ2) is 10.4. The number of amides is 1. The summed E-state index contributed by atoms with van der Waals surface area (Å²) < 4.78 is 10.6. The van der Waals surface area contributed by atoms with Gasteiger partial charge in [-0.25, -0.2) is 0 Å². The standard InChI is InChI=1S/C19H26N6O5S/c1-29-12-4-6-25(10-12)19(28)13-8-11(5-7-31-3)15(24-23-13)16-21-17(18(22-16)30-2)20-9-14(26)27/h8,12,20H,4-7,9-10H2,1-3H3,(H,21,22)(H,26,27). The van der Waals surface area contributed by atoms with Gasteiger partial charge in [-0.05, 0) is 36.5 Å². The number of thioether (sulfide) groups is 1. The van der Waals surface area contributed by atoms with E-state index < -0.39 is 5.97 Å². The molecule has 3 N–H and O–H groups in total. The van der Waals surface area contributed by atoms with Crippen molar-refractivity contribution in [3.05, 3.63) is 17.3 Å². The number of methoxy groups -OCH3 is 2. The van der Waals surface area contributed by atoms with E-state index in [1.165, 1.54) is 7.11 Å². The van der Waals surface area contributed by atoms with Crippen LogP contribution < -0.4 is 10.1 Å². The smallest absolute Gasteiger partial charge is 0.322 e. The molecule has 2 aromatic rings. The van der Waals surface area contributed by atoms with Crippen molar-refractivity contribution in [2.75, 3.05) is 51.2 Å². The first kappa shape index (κ1) is 22.8. The molecule has 1 atom stereocenters. The maximum Gasteiger partial charge on any atom is 0.322 e. The topological polar surface area (TPSA) is 143 Å². The molecule has 0 bridgehead atoms. The summed E-state index contributed by atoms with van der Waals surface area (Å²) in [5.74, 6) is 0.568. The van der Waals surface area contributed by atoms with E-state index in [-0.39, 0.29) is 30.1 Å². The summed E-state index contributed by atoms with van der Waals surface area (Å²) in [4.78, 5) is 32.8. The monoisotopic (exact) mass is 450 g/mol. The first-order chi connectivity index (χ1) is 15.0. The molecule has 0 spiro atoms. The predicted molar refractivity (Wildman–Crippen MR) is 116 cm³/mol. The Morgan fingerprint density at radius 1 is 1.39 bits per heavy atom. The summed E-state index contributed by atoms with van der Waals surface area (Å²) in [7, 11) is 3.09. The van der Waals surface area contributed by atoms with Crippen LogP contribution in [0.5, 0.6) is 5.88 Å². The third-order valence-electron chi connectivity index (χ3n) is 4.94. The number of likely N-dealkylation sites (tertiary alicyclic amines) is 1. The highest BCUT2D eigenvalue weighted by molar-refractivity contribution is 7.98. The summed E-state index contributed by atoms with van der Waals surface area (Å²) >= 11 is 1.67. The second-order valence-corrected chi connectivity index (χ2v) is 7.95. The quantitative estimate of drug-likeness (QED) is 0.482. The number of aromatic amines is 1. The van der Waals surface area contributed by atoms with Gasteiger partial charge in [-0.15, -0.1) is 10.2 Å². The van der Waals surface area contributed by atoms with Gasteiger partial charge in [0.25, 0.3) is 11.8 Å². The number of hydrogen-bond acceptors (Lipinski definition) is 9. The maximum atomic E-state index is 12.9. The average Bonchev–Trinajstić information content (AvgIpc) is 3.42. The molecule has 168 valence electrons. The van der Waals surface area contributed by atoms with Gasteiger partial charge in [0, 0.05) is 20.2 Å². The third kappa shape index (κ3) is 5.44. The third-order valence-corrected chi connectivity index (χ3v) is 5.55. The van der Waals surface area contributed by atoms with E-state index in [1.807, 2.05) is 6.26 Å². The van der Waals surface area contributed by atoms with Gasteiger partial charge in [0.2, 0.25) is 0 Å². The van der Waals surface area contributed by atoms with Crippen molar-refractivity contribution in [1.82, 2.24) is 25.1 Å². The fourth-order valence-corrected chi connectivity index (χ4v) is 3.73. The highest BCUT2D eigenvalue weighted by Gasteiger charge is 2.28. The van der Waals surface area contributed by atoms with Crippen molar-refractivity contribution in [3.8, 4) is 17.4 Å². The number of aryl methyl sites for hydroxylation is 1. The first-order valence-electron chi connectivity index (χ1n) is 9.74. The van der Waals surface area contributed by atoms with Crippen LogP contribution in [-0.4, -0.2) is 94.0 Å². The SMILES string of the molecule is COc1nc(-c2nnc(C(=O)N3CCC(OC)C3)cc2CCSC)[nH]c1NCC(=O)O. The van der Waals surface area contributed by atoms with Gasteiger partial charge in [0.15, 0.2) is 17.3 Å². The van der Waals surface area contributed by atoms with Gasteiger partial charge >= 0.3 is 5.97 Å². The molecule has 11 nitrogen and oxygen atoms in total. The number of H-pyrrole nitrogens is 1. The van der Waals surface area contributed by atoms with Crippen LogP contribution in [0, 0.1) is 0 Å². The van der Waals surface area contributed by atoms with Crippen molar-refractivity contribution >= 4 is 29.5 Å². The van der Waals surface area contributed by atoms with E-state index >= 15 is 0 Å². The van der Waals surface area contributed by atoms with Crippen LogP contribution in [0.1, 0.15) is 22.5 Å². The molecule has 0 saturated carbocycles. The fourth-order valence-electron chi connectivity index (χ4n) is 3.30. The van der Waals surface area contributed by atoms with Gasteiger partial charge in [0.05, 0.1) is 13.2 Å². The van der Waals surface area contributed by atoms with Crippen LogP contribution in [0.2, 0.25) is 0 Å². The van der Waals surface area contributed by atoms with E-state index in [9.17, 15) is 9.59 Å². The zero-order chi connectivity index (χ0) is 22.4. The number of aromatic nitrogens is 4. The summed E-state index contributed by atoms with van der Waals surface area (Å²) in [6, 6.07) is 1.75. The molecule has 31 heavy (non-hydrogen) atoms. The molecule has 3 rings (SSSR count). The number of nitrogens with zero attached hydrogens (tertiary/aromatic N) is 4. The maximum absolute atomic E-state index is 12.9. The average molecular weight is 451 g/mol. The number of carbonyl (C=O) groups excluding carboxylic acids is 1. The number of hydrogen-bond donors (Lipinski definition) is 3. The summed E-state index contributed by atoms with van der Waals surface area (Å²) in [6.07, 6.45) is 3.50. The fraction of sp³-hybridized carbons (Fsp3) is 0.526. The molecule has 0 aliphatic carbocycles. The Balaban J connectivity index is 1.90. The Morgan fingerprint density at radius 2 is 2.19 bits per heavy atom. The molecule has 3 heterocycles. The Labute approximate surface area is 183 Å². The van der Waals surface area contributed by atoms with E-state index in [0.29, 0.717) is 36.8 Å². The van der Waals surface area contributed by atoms with Crippen molar-refractivity contribution in [2.45, 2.75) is 18.9 Å². The van der Waals surface area contributed by atoms with Crippen molar-refractivity contribution in [3.63, 3.8) is 0 Å². The van der Waals surface area contributed by atoms with Gasteiger partial charge in [-0.3, -0.25) is 9.59 Å². The molecule has 1 fully saturated rings. The molecule has 1 amide bonds. The van der Waals surface area contributed by atoms with Crippen LogP contribution in [0.4, 0.5) is 5.82 Å². The summed E-state index contributed by atoms with van der Waals surface area (Å²) in [6.45, 7) is 0.858. The van der Waals surface area contributed by atoms with Crippen molar-refractivity contribution < 1.29 is 24.2 Å². The Kier molecular flexibility index (Phi) is 7.69. The van der Waals surface area contributed by atoms with Crippen LogP contribution in [0.25, 0.3) is 11.5 Å². The minimum absolute atomic E-state index is 0.0412. The minimum atomic E-state index is -1.01. The lowest BCUT2D eigenvalue weighted by atomic mass is 10.1. The number of carboxylic acids is 1. The Bertz CT molecular complexity index is 937. The molecule has 12 heteroatoms. The largest absolute Gasteiger partial charge is 0.480 e. The van der Waals surface area contributed by atoms with Crippen molar-refractivity contribution in [2.24, 2.45) is 0 Å². The normalized spacial score (nSPS) is 15.8. The van der Waals surface area contributed by atoms with Gasteiger partial charge < -0.3 is 29.8 Å². The lowest BCUT2D eigenvalue weighted by molar-refractivity contribution is -0.134. The van der Waals surface area contributed by atoms with Gasteiger partial charge in [0.1, 0.15) is 12.2 Å². The van der Waals surface area contributed by atoms with E-state index in [0.717, 1.165) is 17.7 Å². The molecular formula is C19H26N6O5S. The first-order valence-corrected chi connectivity index (χ1v) is 11.1. The predicted octanol–water partition coefficient (Wildman–Crippen LogP) is 1.14. The number of carbonyl (C=O) groups is 2.